The lowest BCUT2D eigenvalue weighted by molar-refractivity contribution is 0.409. The number of ether oxygens (including phenoxy) is 1. The van der Waals surface area contributed by atoms with Crippen LogP contribution in [-0.2, 0) is 6.42 Å². The van der Waals surface area contributed by atoms with Crippen LogP contribution in [0.3, 0.4) is 0 Å². The molecule has 0 spiro atoms. The van der Waals surface area contributed by atoms with Crippen LogP contribution in [0.5, 0.6) is 5.75 Å². The first-order valence-corrected chi connectivity index (χ1v) is 6.52. The van der Waals surface area contributed by atoms with Crippen LogP contribution >= 0.6 is 11.3 Å². The van der Waals surface area contributed by atoms with Gasteiger partial charge in [-0.15, -0.1) is 11.3 Å². The second-order valence-electron chi connectivity index (χ2n) is 4.09. The number of hydrogen-bond donors (Lipinski definition) is 1. The lowest BCUT2D eigenvalue weighted by atomic mass is 10.0. The first-order valence-electron chi connectivity index (χ1n) is 5.64. The number of methoxy groups -OCH3 is 1. The van der Waals surface area contributed by atoms with E-state index in [1.807, 2.05) is 11.4 Å². The highest BCUT2D eigenvalue weighted by Crippen LogP contribution is 2.31. The number of benzene rings is 1. The predicted molar refractivity (Wildman–Crippen MR) is 72.7 cm³/mol. The average Bonchev–Trinajstić information content (AvgIpc) is 2.80. The zero-order valence-electron chi connectivity index (χ0n) is 10.1. The molecule has 0 aliphatic carbocycles. The number of thiophene rings is 1. The van der Waals surface area contributed by atoms with Crippen LogP contribution in [0.25, 0.3) is 0 Å². The fourth-order valence-electron chi connectivity index (χ4n) is 1.92. The van der Waals surface area contributed by atoms with Gasteiger partial charge in [0.05, 0.1) is 12.0 Å². The van der Waals surface area contributed by atoms with Gasteiger partial charge in [-0.3, -0.25) is 0 Å². The Morgan fingerprint density at radius 1 is 1.29 bits per heavy atom. The van der Waals surface area contributed by atoms with E-state index in [1.54, 1.807) is 18.4 Å². The monoisotopic (exact) mass is 247 g/mol. The Labute approximate surface area is 106 Å². The minimum Gasteiger partial charge on any atom is -0.496 e. The maximum absolute atomic E-state index is 6.25. The summed E-state index contributed by atoms with van der Waals surface area (Å²) in [4.78, 5) is 1.12. The van der Waals surface area contributed by atoms with E-state index in [0.717, 1.165) is 17.0 Å². The van der Waals surface area contributed by atoms with Crippen molar-refractivity contribution in [3.8, 4) is 5.75 Å². The SMILES string of the molecule is COc1ccsc1C(N)Cc1ccccc1C. The minimum absolute atomic E-state index is 0.00560. The highest BCUT2D eigenvalue weighted by atomic mass is 32.1. The van der Waals surface area contributed by atoms with Crippen LogP contribution in [0.2, 0.25) is 0 Å². The molecule has 0 amide bonds. The quantitative estimate of drug-likeness (QED) is 0.899. The molecule has 2 N–H and O–H groups in total. The second-order valence-corrected chi connectivity index (χ2v) is 5.04. The topological polar surface area (TPSA) is 35.2 Å². The molecule has 3 heteroatoms. The Balaban J connectivity index is 2.17. The van der Waals surface area contributed by atoms with Gasteiger partial charge < -0.3 is 10.5 Å². The van der Waals surface area contributed by atoms with E-state index in [4.69, 9.17) is 10.5 Å². The molecule has 90 valence electrons. The van der Waals surface area contributed by atoms with Gasteiger partial charge >= 0.3 is 0 Å². The number of aryl methyl sites for hydroxylation is 1. The molecule has 17 heavy (non-hydrogen) atoms. The van der Waals surface area contributed by atoms with Crippen LogP contribution in [0.4, 0.5) is 0 Å². The third-order valence-corrected chi connectivity index (χ3v) is 3.95. The Morgan fingerprint density at radius 2 is 2.06 bits per heavy atom. The van der Waals surface area contributed by atoms with Crippen molar-refractivity contribution < 1.29 is 4.74 Å². The van der Waals surface area contributed by atoms with E-state index in [0.29, 0.717) is 0 Å². The smallest absolute Gasteiger partial charge is 0.134 e. The maximum atomic E-state index is 6.25. The number of rotatable bonds is 4. The summed E-state index contributed by atoms with van der Waals surface area (Å²) in [6.45, 7) is 2.12. The van der Waals surface area contributed by atoms with E-state index < -0.39 is 0 Å². The van der Waals surface area contributed by atoms with E-state index in [1.165, 1.54) is 11.1 Å². The van der Waals surface area contributed by atoms with Gasteiger partial charge in [-0.25, -0.2) is 0 Å². The highest BCUT2D eigenvalue weighted by molar-refractivity contribution is 7.10. The predicted octanol–water partition coefficient (Wildman–Crippen LogP) is 3.31. The van der Waals surface area contributed by atoms with Gasteiger partial charge in [0.1, 0.15) is 5.75 Å². The van der Waals surface area contributed by atoms with Crippen molar-refractivity contribution in [1.82, 2.24) is 0 Å². The van der Waals surface area contributed by atoms with E-state index in [9.17, 15) is 0 Å². The molecule has 1 unspecified atom stereocenters. The molecule has 0 aliphatic heterocycles. The Bertz CT molecular complexity index is 492. The summed E-state index contributed by atoms with van der Waals surface area (Å²) in [5.41, 5.74) is 8.84. The molecule has 0 bridgehead atoms. The van der Waals surface area contributed by atoms with Crippen LogP contribution < -0.4 is 10.5 Å². The average molecular weight is 247 g/mol. The van der Waals surface area contributed by atoms with Gasteiger partial charge in [-0.2, -0.15) is 0 Å². The zero-order valence-corrected chi connectivity index (χ0v) is 11.0. The highest BCUT2D eigenvalue weighted by Gasteiger charge is 2.14. The largest absolute Gasteiger partial charge is 0.496 e. The molecule has 2 aromatic rings. The van der Waals surface area contributed by atoms with Crippen molar-refractivity contribution in [2.24, 2.45) is 5.73 Å². The first-order chi connectivity index (χ1) is 8.22. The van der Waals surface area contributed by atoms with Crippen LogP contribution in [0, 0.1) is 6.92 Å². The molecular weight excluding hydrogens is 230 g/mol. The van der Waals surface area contributed by atoms with Crippen molar-refractivity contribution in [2.75, 3.05) is 7.11 Å². The lowest BCUT2D eigenvalue weighted by Crippen LogP contribution is -2.13. The van der Waals surface area contributed by atoms with Gasteiger partial charge in [-0.05, 0) is 35.9 Å². The summed E-state index contributed by atoms with van der Waals surface area (Å²) in [6, 6.07) is 10.3. The molecule has 0 fully saturated rings. The standard InChI is InChI=1S/C14H17NOS/c1-10-5-3-4-6-11(10)9-12(15)14-13(16-2)7-8-17-14/h3-8,12H,9,15H2,1-2H3. The Morgan fingerprint density at radius 3 is 2.76 bits per heavy atom. The Hall–Kier alpha value is -1.32. The summed E-state index contributed by atoms with van der Waals surface area (Å²) in [7, 11) is 1.69. The summed E-state index contributed by atoms with van der Waals surface area (Å²) < 4.78 is 5.30. The molecular formula is C14H17NOS. The van der Waals surface area contributed by atoms with Crippen molar-refractivity contribution in [3.05, 3.63) is 51.7 Å². The summed E-state index contributed by atoms with van der Waals surface area (Å²) >= 11 is 1.66. The zero-order chi connectivity index (χ0) is 12.3. The third kappa shape index (κ3) is 2.68. The molecule has 0 aliphatic rings. The van der Waals surface area contributed by atoms with Crippen molar-refractivity contribution in [2.45, 2.75) is 19.4 Å². The molecule has 0 saturated carbocycles. The van der Waals surface area contributed by atoms with Crippen molar-refractivity contribution in [3.63, 3.8) is 0 Å². The summed E-state index contributed by atoms with van der Waals surface area (Å²) in [6.07, 6.45) is 0.851. The van der Waals surface area contributed by atoms with Gasteiger partial charge in [0.2, 0.25) is 0 Å². The van der Waals surface area contributed by atoms with Crippen molar-refractivity contribution in [1.29, 1.82) is 0 Å². The summed E-state index contributed by atoms with van der Waals surface area (Å²) in [5.74, 6) is 0.899. The molecule has 1 atom stereocenters. The molecule has 0 saturated heterocycles. The number of hydrogen-bond acceptors (Lipinski definition) is 3. The molecule has 0 radical (unpaired) electrons. The van der Waals surface area contributed by atoms with E-state index in [2.05, 4.69) is 31.2 Å². The number of nitrogens with two attached hydrogens (primary N) is 1. The Kier molecular flexibility index (Phi) is 3.82. The van der Waals surface area contributed by atoms with Gasteiger partial charge in [0.25, 0.3) is 0 Å². The van der Waals surface area contributed by atoms with Gasteiger partial charge in [-0.1, -0.05) is 24.3 Å². The molecule has 1 aromatic carbocycles. The van der Waals surface area contributed by atoms with Crippen molar-refractivity contribution >= 4 is 11.3 Å². The fraction of sp³-hybridized carbons (Fsp3) is 0.286. The van der Waals surface area contributed by atoms with Crippen LogP contribution in [-0.4, -0.2) is 7.11 Å². The second kappa shape index (κ2) is 5.34. The lowest BCUT2D eigenvalue weighted by Gasteiger charge is -2.13. The molecule has 2 nitrogen and oxygen atoms in total. The summed E-state index contributed by atoms with van der Waals surface area (Å²) in [5, 5.41) is 2.02. The normalized spacial score (nSPS) is 12.4. The maximum Gasteiger partial charge on any atom is 0.134 e. The van der Waals surface area contributed by atoms with Gasteiger partial charge in [0, 0.05) is 6.04 Å². The fourth-order valence-corrected chi connectivity index (χ4v) is 2.78. The first kappa shape index (κ1) is 12.1. The third-order valence-electron chi connectivity index (χ3n) is 2.92. The van der Waals surface area contributed by atoms with Crippen LogP contribution in [0.1, 0.15) is 22.0 Å². The molecule has 1 aromatic heterocycles. The van der Waals surface area contributed by atoms with E-state index >= 15 is 0 Å². The van der Waals surface area contributed by atoms with Gasteiger partial charge in [0.15, 0.2) is 0 Å². The molecule has 1 heterocycles. The van der Waals surface area contributed by atoms with E-state index in [-0.39, 0.29) is 6.04 Å². The molecule has 2 rings (SSSR count). The minimum atomic E-state index is 0.00560. The van der Waals surface area contributed by atoms with Crippen LogP contribution in [0.15, 0.2) is 35.7 Å².